The number of nitrogens with zero attached hydrogens (tertiary/aromatic N) is 2. The molecule has 2 N–H and O–H groups in total. The van der Waals surface area contributed by atoms with Gasteiger partial charge in [0.05, 0.1) is 5.71 Å². The summed E-state index contributed by atoms with van der Waals surface area (Å²) in [5, 5.41) is 9.89. The SMILES string of the molecule is CN1C(c2cc3ccccc3c3ccccc23)=CC(c2cc3ccccc3c3ccccc23)=NC1c1ccc(-c2ccc(N)cc2)cc1. The number of benzene rings is 8. The highest BCUT2D eigenvalue weighted by Gasteiger charge is 2.27. The van der Waals surface area contributed by atoms with Gasteiger partial charge in [-0.25, -0.2) is 0 Å². The minimum Gasteiger partial charge on any atom is -0.399 e. The van der Waals surface area contributed by atoms with Crippen molar-refractivity contribution in [3.63, 3.8) is 0 Å². The molecule has 0 radical (unpaired) electrons. The fourth-order valence-electron chi connectivity index (χ4n) is 7.39. The summed E-state index contributed by atoms with van der Waals surface area (Å²) in [6.07, 6.45) is 2.07. The molecule has 0 aliphatic carbocycles. The molecule has 9 rings (SSSR count). The maximum atomic E-state index is 5.97. The molecular formula is C45H33N3. The molecule has 0 fully saturated rings. The highest BCUT2D eigenvalue weighted by Crippen LogP contribution is 2.41. The third kappa shape index (κ3) is 4.63. The van der Waals surface area contributed by atoms with Gasteiger partial charge in [-0.2, -0.15) is 0 Å². The summed E-state index contributed by atoms with van der Waals surface area (Å²) in [6.45, 7) is 0. The van der Waals surface area contributed by atoms with E-state index in [-0.39, 0.29) is 6.17 Å². The van der Waals surface area contributed by atoms with Crippen molar-refractivity contribution in [1.29, 1.82) is 0 Å². The molecule has 0 amide bonds. The van der Waals surface area contributed by atoms with E-state index in [1.807, 2.05) is 12.1 Å². The standard InChI is InChI=1S/C45H33N3/c1-48-44(42-27-33-11-3-5-13-36(33)38-15-7-9-17-40(38)42)28-43(41-26-32-10-2-4-12-35(32)37-14-6-8-16-39(37)41)47-45(48)31-20-18-29(19-21-31)30-22-24-34(46)25-23-30/h2-28,45H,46H2,1H3. The van der Waals surface area contributed by atoms with Crippen molar-refractivity contribution in [3.8, 4) is 11.1 Å². The largest absolute Gasteiger partial charge is 0.399 e. The van der Waals surface area contributed by atoms with E-state index in [0.29, 0.717) is 0 Å². The first-order valence-corrected chi connectivity index (χ1v) is 16.4. The zero-order chi connectivity index (χ0) is 32.2. The van der Waals surface area contributed by atoms with Crippen LogP contribution in [0.15, 0.2) is 169 Å². The Morgan fingerprint density at radius 1 is 0.500 bits per heavy atom. The lowest BCUT2D eigenvalue weighted by Crippen LogP contribution is -2.27. The zero-order valence-electron chi connectivity index (χ0n) is 26.6. The van der Waals surface area contributed by atoms with Crippen molar-refractivity contribution in [3.05, 3.63) is 180 Å². The van der Waals surface area contributed by atoms with Crippen molar-refractivity contribution in [1.82, 2.24) is 4.90 Å². The molecule has 8 aromatic carbocycles. The van der Waals surface area contributed by atoms with Crippen LogP contribution in [0.5, 0.6) is 0 Å². The Bertz CT molecular complexity index is 2580. The van der Waals surface area contributed by atoms with E-state index < -0.39 is 0 Å². The molecule has 0 spiro atoms. The first kappa shape index (κ1) is 28.1. The lowest BCUT2D eigenvalue weighted by molar-refractivity contribution is 0.364. The second kappa shape index (κ2) is 11.3. The second-order valence-corrected chi connectivity index (χ2v) is 12.7. The molecule has 1 heterocycles. The molecule has 0 saturated carbocycles. The zero-order valence-corrected chi connectivity index (χ0v) is 26.6. The van der Waals surface area contributed by atoms with Crippen LogP contribution in [0.1, 0.15) is 22.9 Å². The van der Waals surface area contributed by atoms with Crippen LogP contribution in [-0.2, 0) is 0 Å². The predicted molar refractivity (Wildman–Crippen MR) is 204 cm³/mol. The van der Waals surface area contributed by atoms with Gasteiger partial charge in [-0.05, 0) is 90.1 Å². The fraction of sp³-hybridized carbons (Fsp3) is 0.0444. The number of hydrogen-bond acceptors (Lipinski definition) is 3. The van der Waals surface area contributed by atoms with E-state index in [1.165, 1.54) is 48.7 Å². The second-order valence-electron chi connectivity index (χ2n) is 12.7. The van der Waals surface area contributed by atoms with Crippen LogP contribution in [0, 0.1) is 0 Å². The van der Waals surface area contributed by atoms with E-state index in [0.717, 1.165) is 39.3 Å². The number of rotatable bonds is 4. The Morgan fingerprint density at radius 2 is 0.958 bits per heavy atom. The van der Waals surface area contributed by atoms with Gasteiger partial charge in [0.1, 0.15) is 6.17 Å². The molecule has 0 saturated heterocycles. The summed E-state index contributed by atoms with van der Waals surface area (Å²) in [7, 11) is 2.17. The number of nitrogen functional groups attached to an aromatic ring is 1. The Hall–Kier alpha value is -6.19. The first-order chi connectivity index (χ1) is 23.6. The Labute approximate surface area is 279 Å². The van der Waals surface area contributed by atoms with Gasteiger partial charge in [0, 0.05) is 29.6 Å². The van der Waals surface area contributed by atoms with E-state index in [4.69, 9.17) is 10.7 Å². The molecule has 3 nitrogen and oxygen atoms in total. The van der Waals surface area contributed by atoms with Crippen molar-refractivity contribution in [2.75, 3.05) is 12.8 Å². The van der Waals surface area contributed by atoms with Crippen LogP contribution >= 0.6 is 0 Å². The van der Waals surface area contributed by atoms with Gasteiger partial charge in [0.2, 0.25) is 0 Å². The molecular weight excluding hydrogens is 583 g/mol. The minimum absolute atomic E-state index is 0.226. The maximum Gasteiger partial charge on any atom is 0.147 e. The van der Waals surface area contributed by atoms with E-state index in [2.05, 4.69) is 164 Å². The topological polar surface area (TPSA) is 41.6 Å². The molecule has 1 aliphatic heterocycles. The third-order valence-electron chi connectivity index (χ3n) is 9.82. The van der Waals surface area contributed by atoms with Gasteiger partial charge in [-0.3, -0.25) is 4.99 Å². The molecule has 1 atom stereocenters. The molecule has 0 bridgehead atoms. The van der Waals surface area contributed by atoms with Crippen LogP contribution in [0.3, 0.4) is 0 Å². The van der Waals surface area contributed by atoms with Crippen LogP contribution in [-0.4, -0.2) is 17.7 Å². The van der Waals surface area contributed by atoms with Crippen molar-refractivity contribution in [2.24, 2.45) is 4.99 Å². The molecule has 1 aliphatic rings. The van der Waals surface area contributed by atoms with Gasteiger partial charge in [-0.1, -0.05) is 133 Å². The van der Waals surface area contributed by atoms with Crippen LogP contribution in [0.4, 0.5) is 5.69 Å². The Balaban J connectivity index is 1.28. The minimum atomic E-state index is -0.226. The Morgan fingerprint density at radius 3 is 1.54 bits per heavy atom. The van der Waals surface area contributed by atoms with E-state index in [9.17, 15) is 0 Å². The highest BCUT2D eigenvalue weighted by molar-refractivity contribution is 6.24. The number of anilines is 1. The Kier molecular flexibility index (Phi) is 6.58. The number of fused-ring (bicyclic) bond motifs is 6. The molecule has 1 unspecified atom stereocenters. The first-order valence-electron chi connectivity index (χ1n) is 16.4. The molecule has 48 heavy (non-hydrogen) atoms. The summed E-state index contributed by atoms with van der Waals surface area (Å²) in [6, 6.07) is 56.4. The number of hydrogen-bond donors (Lipinski definition) is 1. The van der Waals surface area contributed by atoms with E-state index >= 15 is 0 Å². The smallest absolute Gasteiger partial charge is 0.147 e. The summed E-state index contributed by atoms with van der Waals surface area (Å²) < 4.78 is 0. The quantitative estimate of drug-likeness (QED) is 0.158. The summed E-state index contributed by atoms with van der Waals surface area (Å²) in [4.78, 5) is 7.88. The number of aliphatic imine (C=N–C) groups is 1. The van der Waals surface area contributed by atoms with Crippen LogP contribution < -0.4 is 5.73 Å². The lowest BCUT2D eigenvalue weighted by Gasteiger charge is -2.35. The average molecular weight is 616 g/mol. The van der Waals surface area contributed by atoms with Crippen molar-refractivity contribution < 1.29 is 0 Å². The van der Waals surface area contributed by atoms with Gasteiger partial charge < -0.3 is 10.6 Å². The lowest BCUT2D eigenvalue weighted by atomic mass is 9.91. The summed E-state index contributed by atoms with van der Waals surface area (Å²) in [5.41, 5.74) is 14.6. The van der Waals surface area contributed by atoms with Crippen LogP contribution in [0.2, 0.25) is 0 Å². The normalized spacial score (nSPS) is 14.9. The molecule has 3 heteroatoms. The van der Waals surface area contributed by atoms with Gasteiger partial charge in [0.25, 0.3) is 0 Å². The molecule has 0 aromatic heterocycles. The maximum absolute atomic E-state index is 5.97. The summed E-state index contributed by atoms with van der Waals surface area (Å²) in [5.74, 6) is 0. The highest BCUT2D eigenvalue weighted by atomic mass is 15.2. The van der Waals surface area contributed by atoms with Gasteiger partial charge in [-0.15, -0.1) is 0 Å². The fourth-order valence-corrected chi connectivity index (χ4v) is 7.39. The van der Waals surface area contributed by atoms with Gasteiger partial charge >= 0.3 is 0 Å². The molecule has 228 valence electrons. The number of nitrogens with two attached hydrogens (primary N) is 1. The average Bonchev–Trinajstić information content (AvgIpc) is 3.15. The van der Waals surface area contributed by atoms with Crippen molar-refractivity contribution >= 4 is 60.2 Å². The van der Waals surface area contributed by atoms with Crippen LogP contribution in [0.25, 0.3) is 59.9 Å². The molecule has 8 aromatic rings. The van der Waals surface area contributed by atoms with Crippen molar-refractivity contribution in [2.45, 2.75) is 6.17 Å². The third-order valence-corrected chi connectivity index (χ3v) is 9.82. The number of allylic oxidation sites excluding steroid dienone is 1. The predicted octanol–water partition coefficient (Wildman–Crippen LogP) is 11.0. The monoisotopic (exact) mass is 615 g/mol. The van der Waals surface area contributed by atoms with E-state index in [1.54, 1.807) is 0 Å². The summed E-state index contributed by atoms with van der Waals surface area (Å²) >= 11 is 0. The van der Waals surface area contributed by atoms with Gasteiger partial charge in [0.15, 0.2) is 0 Å².